The fourth-order valence-corrected chi connectivity index (χ4v) is 4.18. The summed E-state index contributed by atoms with van der Waals surface area (Å²) in [5.41, 5.74) is -0.0331. The number of nitriles is 1. The van der Waals surface area contributed by atoms with E-state index in [4.69, 9.17) is 5.26 Å². The topological polar surface area (TPSA) is 115 Å². The molecule has 0 spiro atoms. The van der Waals surface area contributed by atoms with Gasteiger partial charge in [-0.25, -0.2) is 9.37 Å². The fraction of sp³-hybridized carbons (Fsp3) is 0.588. The number of amides is 1. The minimum absolute atomic E-state index is 0.00411. The Morgan fingerprint density at radius 1 is 1.41 bits per heavy atom. The van der Waals surface area contributed by atoms with Crippen molar-refractivity contribution in [2.45, 2.75) is 24.7 Å². The quantitative estimate of drug-likeness (QED) is 0.588. The number of pyridine rings is 1. The number of anilines is 1. The number of hydrogen-bond acceptors (Lipinski definition) is 7. The van der Waals surface area contributed by atoms with Crippen molar-refractivity contribution in [1.29, 1.82) is 5.26 Å². The van der Waals surface area contributed by atoms with E-state index < -0.39 is 17.1 Å². The van der Waals surface area contributed by atoms with Crippen LogP contribution in [-0.2, 0) is 4.79 Å². The molecule has 3 heterocycles. The van der Waals surface area contributed by atoms with Gasteiger partial charge in [0.2, 0.25) is 5.91 Å². The molecular formula is C17H19FN6O3. The van der Waals surface area contributed by atoms with Gasteiger partial charge in [-0.15, -0.1) is 0 Å². The standard InChI is InChI=1S/C17H19FN6O3/c18-10-3-12(4-19)23(7-10)16(25)6-21-17-13-8-22(9-14(13)17)15-2-1-11(5-20-15)24(26)27/h1-2,5,10,12-14,17,21H,3,6-9H2/t10-,12-,13-,14+,17?/m0/s1. The maximum Gasteiger partial charge on any atom is 0.287 e. The third kappa shape index (κ3) is 3.30. The molecule has 1 N–H and O–H groups in total. The number of nitrogens with one attached hydrogen (secondary N) is 1. The molecule has 0 bridgehead atoms. The van der Waals surface area contributed by atoms with Crippen molar-refractivity contribution in [3.05, 3.63) is 28.4 Å². The van der Waals surface area contributed by atoms with Gasteiger partial charge in [-0.3, -0.25) is 14.9 Å². The van der Waals surface area contributed by atoms with Gasteiger partial charge in [0.1, 0.15) is 24.2 Å². The zero-order valence-corrected chi connectivity index (χ0v) is 14.5. The highest BCUT2D eigenvalue weighted by Crippen LogP contribution is 2.46. The summed E-state index contributed by atoms with van der Waals surface area (Å²) in [6, 6.07) is 4.64. The van der Waals surface area contributed by atoms with Crippen molar-refractivity contribution < 1.29 is 14.1 Å². The first-order valence-electron chi connectivity index (χ1n) is 8.90. The number of nitro groups is 1. The second-order valence-corrected chi connectivity index (χ2v) is 7.30. The lowest BCUT2D eigenvalue weighted by Gasteiger charge is -2.22. The number of likely N-dealkylation sites (tertiary alicyclic amines) is 1. The molecule has 0 radical (unpaired) electrons. The largest absolute Gasteiger partial charge is 0.356 e. The first-order chi connectivity index (χ1) is 13.0. The van der Waals surface area contributed by atoms with E-state index in [1.165, 1.54) is 17.2 Å². The Kier molecular flexibility index (Phi) is 4.39. The van der Waals surface area contributed by atoms with Crippen LogP contribution in [0.5, 0.6) is 0 Å². The third-order valence-electron chi connectivity index (χ3n) is 5.67. The number of hydrogen-bond donors (Lipinski definition) is 1. The summed E-state index contributed by atoms with van der Waals surface area (Å²) in [6.45, 7) is 1.66. The minimum Gasteiger partial charge on any atom is -0.356 e. The number of alkyl halides is 1. The molecule has 10 heteroatoms. The molecule has 5 atom stereocenters. The molecule has 1 amide bonds. The molecule has 0 aromatic carbocycles. The maximum atomic E-state index is 13.4. The second kappa shape index (κ2) is 6.74. The van der Waals surface area contributed by atoms with E-state index in [2.05, 4.69) is 15.2 Å². The fourth-order valence-electron chi connectivity index (χ4n) is 4.18. The Hall–Kier alpha value is -2.80. The van der Waals surface area contributed by atoms with Gasteiger partial charge in [0, 0.05) is 31.6 Å². The number of halogens is 1. The van der Waals surface area contributed by atoms with Crippen molar-refractivity contribution in [3.63, 3.8) is 0 Å². The zero-order chi connectivity index (χ0) is 19.1. The number of nitrogens with zero attached hydrogens (tertiary/aromatic N) is 5. The van der Waals surface area contributed by atoms with Gasteiger partial charge in [0.05, 0.1) is 24.1 Å². The van der Waals surface area contributed by atoms with Crippen LogP contribution in [0.3, 0.4) is 0 Å². The molecule has 142 valence electrons. The monoisotopic (exact) mass is 374 g/mol. The van der Waals surface area contributed by atoms with Crippen LogP contribution in [0.2, 0.25) is 0 Å². The number of aromatic nitrogens is 1. The molecule has 1 aromatic heterocycles. The molecule has 1 aliphatic carbocycles. The van der Waals surface area contributed by atoms with Crippen LogP contribution >= 0.6 is 0 Å². The Morgan fingerprint density at radius 3 is 2.74 bits per heavy atom. The summed E-state index contributed by atoms with van der Waals surface area (Å²) in [4.78, 5) is 30.0. The van der Waals surface area contributed by atoms with Crippen molar-refractivity contribution in [2.75, 3.05) is 31.1 Å². The Labute approximate surface area is 154 Å². The van der Waals surface area contributed by atoms with E-state index in [0.29, 0.717) is 17.7 Å². The van der Waals surface area contributed by atoms with E-state index >= 15 is 0 Å². The highest BCUT2D eigenvalue weighted by molar-refractivity contribution is 5.79. The third-order valence-corrected chi connectivity index (χ3v) is 5.67. The lowest BCUT2D eigenvalue weighted by atomic mass is 10.2. The Bertz CT molecular complexity index is 785. The van der Waals surface area contributed by atoms with Crippen LogP contribution in [0.15, 0.2) is 18.3 Å². The zero-order valence-electron chi connectivity index (χ0n) is 14.5. The lowest BCUT2D eigenvalue weighted by molar-refractivity contribution is -0.385. The predicted octanol–water partition coefficient (Wildman–Crippen LogP) is 0.477. The van der Waals surface area contributed by atoms with Crippen molar-refractivity contribution >= 4 is 17.4 Å². The number of carbonyl (C=O) groups is 1. The van der Waals surface area contributed by atoms with Crippen LogP contribution in [0.1, 0.15) is 6.42 Å². The number of fused-ring (bicyclic) bond motifs is 1. The molecule has 27 heavy (non-hydrogen) atoms. The first kappa shape index (κ1) is 17.6. The molecule has 3 aliphatic rings. The van der Waals surface area contributed by atoms with Gasteiger partial charge in [-0.2, -0.15) is 5.26 Å². The lowest BCUT2D eigenvalue weighted by Crippen LogP contribution is -2.43. The van der Waals surface area contributed by atoms with Crippen molar-refractivity contribution in [2.24, 2.45) is 11.8 Å². The molecule has 4 rings (SSSR count). The molecule has 9 nitrogen and oxygen atoms in total. The molecule has 1 unspecified atom stereocenters. The maximum absolute atomic E-state index is 13.4. The number of rotatable bonds is 5. The molecule has 1 saturated carbocycles. The molecule has 1 aromatic rings. The van der Waals surface area contributed by atoms with Crippen LogP contribution < -0.4 is 10.2 Å². The SMILES string of the molecule is N#C[C@@H]1C[C@H](F)CN1C(=O)CNC1[C@H]2CN(c3ccc([N+](=O)[O-])cn3)C[C@@H]12. The van der Waals surface area contributed by atoms with Crippen LogP contribution in [-0.4, -0.2) is 65.1 Å². The molecular weight excluding hydrogens is 355 g/mol. The first-order valence-corrected chi connectivity index (χ1v) is 8.90. The predicted molar refractivity (Wildman–Crippen MR) is 92.5 cm³/mol. The van der Waals surface area contributed by atoms with Crippen LogP contribution in [0.25, 0.3) is 0 Å². The summed E-state index contributed by atoms with van der Waals surface area (Å²) in [5.74, 6) is 1.27. The molecule has 3 fully saturated rings. The minimum atomic E-state index is -1.12. The van der Waals surface area contributed by atoms with Crippen LogP contribution in [0, 0.1) is 33.3 Å². The van der Waals surface area contributed by atoms with Gasteiger partial charge in [-0.1, -0.05) is 0 Å². The van der Waals surface area contributed by atoms with Gasteiger partial charge in [0.15, 0.2) is 0 Å². The van der Waals surface area contributed by atoms with Gasteiger partial charge >= 0.3 is 0 Å². The smallest absolute Gasteiger partial charge is 0.287 e. The highest BCUT2D eigenvalue weighted by atomic mass is 19.1. The van der Waals surface area contributed by atoms with E-state index in [1.807, 2.05) is 6.07 Å². The Balaban J connectivity index is 1.25. The number of piperidine rings is 1. The highest BCUT2D eigenvalue weighted by Gasteiger charge is 2.56. The van der Waals surface area contributed by atoms with Crippen molar-refractivity contribution in [1.82, 2.24) is 15.2 Å². The normalized spacial score (nSPS) is 31.5. The second-order valence-electron chi connectivity index (χ2n) is 7.30. The van der Waals surface area contributed by atoms with Crippen molar-refractivity contribution in [3.8, 4) is 6.07 Å². The summed E-state index contributed by atoms with van der Waals surface area (Å²) in [7, 11) is 0. The van der Waals surface area contributed by atoms with E-state index in [0.717, 1.165) is 13.1 Å². The Morgan fingerprint density at radius 2 is 2.15 bits per heavy atom. The summed E-state index contributed by atoms with van der Waals surface area (Å²) in [5, 5.41) is 23.0. The molecule has 2 saturated heterocycles. The molecule has 2 aliphatic heterocycles. The van der Waals surface area contributed by atoms with E-state index in [9.17, 15) is 19.3 Å². The average molecular weight is 374 g/mol. The van der Waals surface area contributed by atoms with E-state index in [-0.39, 0.29) is 37.1 Å². The van der Waals surface area contributed by atoms with E-state index in [1.54, 1.807) is 6.07 Å². The van der Waals surface area contributed by atoms with Crippen LogP contribution in [0.4, 0.5) is 15.9 Å². The summed E-state index contributed by atoms with van der Waals surface area (Å²) in [6.07, 6.45) is 0.225. The number of carbonyl (C=O) groups excluding carboxylic acids is 1. The van der Waals surface area contributed by atoms with Gasteiger partial charge in [0.25, 0.3) is 5.69 Å². The average Bonchev–Trinajstić information content (AvgIpc) is 3.00. The van der Waals surface area contributed by atoms with Gasteiger partial charge < -0.3 is 15.1 Å². The summed E-state index contributed by atoms with van der Waals surface area (Å²) >= 11 is 0. The summed E-state index contributed by atoms with van der Waals surface area (Å²) < 4.78 is 13.4. The van der Waals surface area contributed by atoms with Gasteiger partial charge in [-0.05, 0) is 17.9 Å².